The average molecular weight is 960 g/mol. The number of rotatable bonds is 13. The van der Waals surface area contributed by atoms with Crippen LogP contribution in [0.5, 0.6) is 11.5 Å². The predicted octanol–water partition coefficient (Wildman–Crippen LogP) is 6.94. The summed E-state index contributed by atoms with van der Waals surface area (Å²) in [6.45, 7) is 5.76. The molecule has 2 unspecified atom stereocenters. The van der Waals surface area contributed by atoms with E-state index in [2.05, 4.69) is 39.4 Å². The van der Waals surface area contributed by atoms with Crippen LogP contribution in [0, 0.1) is 11.6 Å². The van der Waals surface area contributed by atoms with E-state index >= 15 is 0 Å². The molecule has 1 aromatic heterocycles. The first-order valence-corrected chi connectivity index (χ1v) is 24.7. The Labute approximate surface area is 402 Å². The molecule has 0 spiro atoms. The fourth-order valence-electron chi connectivity index (χ4n) is 9.78. The number of nitrogens with zero attached hydrogens (tertiary/aromatic N) is 4. The predicted molar refractivity (Wildman–Crippen MR) is 260 cm³/mol. The summed E-state index contributed by atoms with van der Waals surface area (Å²) in [6.07, 6.45) is 6.99. The maximum absolute atomic E-state index is 13.4. The number of hydrogen-bond acceptors (Lipinski definition) is 11. The first kappa shape index (κ1) is 50.9. The topological polar surface area (TPSA) is 159 Å². The molecule has 4 aliphatic heterocycles. The molecule has 0 saturated carbocycles. The fourth-order valence-corrected chi connectivity index (χ4v) is 10.4. The molecule has 3 amide bonds. The van der Waals surface area contributed by atoms with Gasteiger partial charge in [0.1, 0.15) is 11.5 Å². The summed E-state index contributed by atoms with van der Waals surface area (Å²) in [5.41, 5.74) is 1.39. The minimum Gasteiger partial charge on any atom is -0.497 e. The first-order valence-electron chi connectivity index (χ1n) is 23.8. The minimum atomic E-state index is -1.27. The summed E-state index contributed by atoms with van der Waals surface area (Å²) < 4.78 is 36.9. The minimum absolute atomic E-state index is 0.0432. The Kier molecular flexibility index (Phi) is 17.7. The average Bonchev–Trinajstić information content (AvgIpc) is 3.89. The summed E-state index contributed by atoms with van der Waals surface area (Å²) in [5, 5.41) is 50.4. The van der Waals surface area contributed by atoms with Gasteiger partial charge >= 0.3 is 6.03 Å². The van der Waals surface area contributed by atoms with Gasteiger partial charge in [-0.1, -0.05) is 24.3 Å². The van der Waals surface area contributed by atoms with Gasteiger partial charge in [0.05, 0.1) is 37.6 Å². The molecule has 0 aliphatic carbocycles. The smallest absolute Gasteiger partial charge is 0.321 e. The van der Waals surface area contributed by atoms with Gasteiger partial charge < -0.3 is 54.8 Å². The third kappa shape index (κ3) is 13.4. The molecule has 5 N–H and O–H groups in total. The van der Waals surface area contributed by atoms with E-state index in [0.29, 0.717) is 50.9 Å². The molecule has 4 aromatic rings. The van der Waals surface area contributed by atoms with Crippen LogP contribution in [0.15, 0.2) is 89.6 Å². The first-order chi connectivity index (χ1) is 32.7. The molecule has 368 valence electrons. The highest BCUT2D eigenvalue weighted by Gasteiger charge is 2.42. The van der Waals surface area contributed by atoms with Crippen LogP contribution in [0.4, 0.5) is 19.3 Å². The number of anilines is 1. The van der Waals surface area contributed by atoms with Gasteiger partial charge in [0.25, 0.3) is 0 Å². The van der Waals surface area contributed by atoms with Crippen LogP contribution in [0.1, 0.15) is 79.9 Å². The van der Waals surface area contributed by atoms with E-state index in [-0.39, 0.29) is 37.5 Å². The number of hydrogen-bond donors (Lipinski definition) is 5. The van der Waals surface area contributed by atoms with E-state index in [1.165, 1.54) is 22.1 Å². The van der Waals surface area contributed by atoms with Crippen LogP contribution in [0.2, 0.25) is 0 Å². The summed E-state index contributed by atoms with van der Waals surface area (Å²) in [6, 6.07) is 21.2. The Balaban J connectivity index is 0.000000202. The molecule has 2 atom stereocenters. The zero-order valence-corrected chi connectivity index (χ0v) is 40.0. The Hall–Kier alpha value is -4.94. The van der Waals surface area contributed by atoms with Crippen molar-refractivity contribution < 1.29 is 48.3 Å². The maximum atomic E-state index is 13.4. The largest absolute Gasteiger partial charge is 0.497 e. The van der Waals surface area contributed by atoms with Gasteiger partial charge in [-0.3, -0.25) is 4.79 Å². The molecule has 4 aliphatic rings. The maximum Gasteiger partial charge on any atom is 0.321 e. The van der Waals surface area contributed by atoms with Gasteiger partial charge in [0.2, 0.25) is 5.91 Å². The van der Waals surface area contributed by atoms with Crippen molar-refractivity contribution in [3.63, 3.8) is 0 Å². The van der Waals surface area contributed by atoms with Gasteiger partial charge in [0.15, 0.2) is 11.6 Å². The third-order valence-electron chi connectivity index (χ3n) is 14.4. The molecule has 16 heteroatoms. The number of carbonyl (C=O) groups is 2. The van der Waals surface area contributed by atoms with Gasteiger partial charge in [-0.05, 0) is 165 Å². The van der Waals surface area contributed by atoms with E-state index < -0.39 is 41.1 Å². The monoisotopic (exact) mass is 959 g/mol. The van der Waals surface area contributed by atoms with Gasteiger partial charge in [-0.25, -0.2) is 13.6 Å². The fraction of sp³-hybridized carbons (Fsp3) is 0.500. The standard InChI is InChI=1S/C26H33F2N3O4.C26H34N2O4S/c1-35-21-5-2-18(3-6-21)19-8-12-30(13-9-19)17-24(32)26(34)10-14-31(15-11-26)25(33)29-20-4-7-22(27)23(28)16-20;1-32-23-5-3-21(4-6-23)22-8-13-27(14-9-22)18-24(29)26(31)11-15-28(16-12-26)25(30)7-2-20-10-17-33-19-20/h2-7,16,19,24,32,34H,8-15,17H2,1H3,(H,29,33);2-7,10,17,19,22,24,29,31H,8-9,11-16,18H2,1H3/b;7-2+. The number of aliphatic hydroxyl groups is 4. The van der Waals surface area contributed by atoms with Crippen LogP contribution < -0.4 is 14.8 Å². The number of aliphatic hydroxyl groups excluding tert-OH is 2. The second-order valence-electron chi connectivity index (χ2n) is 18.7. The number of piperidine rings is 4. The van der Waals surface area contributed by atoms with Crippen molar-refractivity contribution in [1.82, 2.24) is 19.6 Å². The third-order valence-corrected chi connectivity index (χ3v) is 15.1. The number of benzene rings is 3. The lowest BCUT2D eigenvalue weighted by molar-refractivity contribution is -0.140. The van der Waals surface area contributed by atoms with Crippen LogP contribution >= 0.6 is 11.3 Å². The van der Waals surface area contributed by atoms with Crippen LogP contribution in [-0.2, 0) is 4.79 Å². The van der Waals surface area contributed by atoms with Crippen molar-refractivity contribution in [1.29, 1.82) is 0 Å². The molecule has 4 fully saturated rings. The number of carbonyl (C=O) groups excluding carboxylic acids is 2. The number of amides is 3. The van der Waals surface area contributed by atoms with Crippen molar-refractivity contribution >= 4 is 35.0 Å². The molecule has 13 nitrogen and oxygen atoms in total. The van der Waals surface area contributed by atoms with Crippen molar-refractivity contribution in [3.05, 3.63) is 118 Å². The Morgan fingerprint density at radius 2 is 1.16 bits per heavy atom. The summed E-state index contributed by atoms with van der Waals surface area (Å²) in [5.74, 6) is 0.641. The van der Waals surface area contributed by atoms with Gasteiger partial charge in [0, 0.05) is 57.1 Å². The van der Waals surface area contributed by atoms with Gasteiger partial charge in [-0.2, -0.15) is 11.3 Å². The highest BCUT2D eigenvalue weighted by Crippen LogP contribution is 2.34. The van der Waals surface area contributed by atoms with Crippen LogP contribution in [0.3, 0.4) is 0 Å². The number of ether oxygens (including phenoxy) is 2. The van der Waals surface area contributed by atoms with E-state index in [9.17, 15) is 38.8 Å². The molecular weight excluding hydrogens is 893 g/mol. The highest BCUT2D eigenvalue weighted by atomic mass is 32.1. The van der Waals surface area contributed by atoms with E-state index in [0.717, 1.165) is 81.1 Å². The quantitative estimate of drug-likeness (QED) is 0.0890. The number of likely N-dealkylation sites (tertiary alicyclic amines) is 4. The number of thiophene rings is 1. The molecule has 4 saturated heterocycles. The van der Waals surface area contributed by atoms with Crippen molar-refractivity contribution in [2.45, 2.75) is 86.6 Å². The lowest BCUT2D eigenvalue weighted by atomic mass is 9.84. The van der Waals surface area contributed by atoms with E-state index in [1.54, 1.807) is 36.5 Å². The van der Waals surface area contributed by atoms with Crippen molar-refractivity contribution in [2.75, 3.05) is 85.0 Å². The summed E-state index contributed by atoms with van der Waals surface area (Å²) >= 11 is 1.60. The van der Waals surface area contributed by atoms with E-state index in [4.69, 9.17) is 9.47 Å². The van der Waals surface area contributed by atoms with Crippen LogP contribution in [-0.4, -0.2) is 155 Å². The molecule has 5 heterocycles. The lowest BCUT2D eigenvalue weighted by Gasteiger charge is -2.43. The Bertz CT molecular complexity index is 2240. The molecule has 0 bridgehead atoms. The Morgan fingerprint density at radius 3 is 1.59 bits per heavy atom. The number of urea groups is 1. The molecular formula is C52H67F2N5O8S. The second kappa shape index (κ2) is 23.6. The molecule has 8 rings (SSSR count). The second-order valence-corrected chi connectivity index (χ2v) is 19.5. The summed E-state index contributed by atoms with van der Waals surface area (Å²) in [4.78, 5) is 32.6. The lowest BCUT2D eigenvalue weighted by Crippen LogP contribution is -2.56. The van der Waals surface area contributed by atoms with Crippen molar-refractivity contribution in [2.24, 2.45) is 0 Å². The normalized spacial score (nSPS) is 20.3. The molecule has 68 heavy (non-hydrogen) atoms. The SMILES string of the molecule is COc1ccc(C2CCN(CC(O)C3(O)CCN(C(=O)/C=C/c4ccsc4)CC3)CC2)cc1.COc1ccc(C2CCN(CC(O)C3(O)CCN(C(=O)Nc4ccc(F)c(F)c4)CC3)CC2)cc1. The zero-order chi connectivity index (χ0) is 48.3. The highest BCUT2D eigenvalue weighted by molar-refractivity contribution is 7.08. The number of methoxy groups -OCH3 is 2. The Morgan fingerprint density at radius 1 is 0.691 bits per heavy atom. The van der Waals surface area contributed by atoms with Crippen LogP contribution in [0.25, 0.3) is 6.08 Å². The number of halogens is 2. The molecule has 3 aromatic carbocycles. The van der Waals surface area contributed by atoms with Gasteiger partial charge in [-0.15, -0.1) is 0 Å². The molecule has 0 radical (unpaired) electrons. The number of nitrogens with one attached hydrogen (secondary N) is 1. The zero-order valence-electron chi connectivity index (χ0n) is 39.1. The summed E-state index contributed by atoms with van der Waals surface area (Å²) in [7, 11) is 3.33. The van der Waals surface area contributed by atoms with Crippen molar-refractivity contribution in [3.8, 4) is 11.5 Å². The number of β-amino-alcohol motifs (C(OH)–C–C–N with tert-alkyl or cyclic N) is 2. The van der Waals surface area contributed by atoms with E-state index in [1.807, 2.05) is 47.2 Å².